The first kappa shape index (κ1) is 11.7. The summed E-state index contributed by atoms with van der Waals surface area (Å²) in [7, 11) is 0. The number of carbonyl (C=O) groups is 1. The van der Waals surface area contributed by atoms with Crippen molar-refractivity contribution >= 4 is 11.6 Å². The van der Waals surface area contributed by atoms with Crippen molar-refractivity contribution in [3.63, 3.8) is 0 Å². The molecule has 2 rings (SSSR count). The van der Waals surface area contributed by atoms with Crippen LogP contribution in [0, 0.1) is 12.3 Å². The lowest BCUT2D eigenvalue weighted by Crippen LogP contribution is -2.42. The molecule has 0 fully saturated rings. The number of carbonyl (C=O) groups excluding carboxylic acids is 1. The van der Waals surface area contributed by atoms with E-state index in [1.807, 2.05) is 31.2 Å². The third-order valence-corrected chi connectivity index (χ3v) is 3.00. The van der Waals surface area contributed by atoms with Crippen LogP contribution >= 0.6 is 0 Å². The summed E-state index contributed by atoms with van der Waals surface area (Å²) in [6.45, 7) is 3.19. The highest BCUT2D eigenvalue weighted by Gasteiger charge is 2.26. The molecular weight excluding hydrogens is 212 g/mol. The van der Waals surface area contributed by atoms with Crippen LogP contribution in [-0.2, 0) is 11.3 Å². The molecule has 1 aliphatic heterocycles. The Hall–Kier alpha value is -1.79. The maximum atomic E-state index is 12.2. The van der Waals surface area contributed by atoms with Crippen LogP contribution in [0.5, 0.6) is 0 Å². The van der Waals surface area contributed by atoms with Crippen LogP contribution in [-0.4, -0.2) is 18.5 Å². The molecule has 1 aliphatic rings. The predicted octanol–water partition coefficient (Wildman–Crippen LogP) is 1.53. The second-order valence-electron chi connectivity index (χ2n) is 4.18. The summed E-state index contributed by atoms with van der Waals surface area (Å²) in [5.74, 6) is 2.68. The van der Waals surface area contributed by atoms with Gasteiger partial charge in [-0.15, -0.1) is 12.3 Å². The fourth-order valence-electron chi connectivity index (χ4n) is 2.03. The molecule has 88 valence electrons. The molecule has 0 aromatic heterocycles. The molecule has 0 saturated carbocycles. The fourth-order valence-corrected chi connectivity index (χ4v) is 2.03. The van der Waals surface area contributed by atoms with E-state index in [1.165, 1.54) is 0 Å². The Labute approximate surface area is 102 Å². The van der Waals surface area contributed by atoms with Crippen LogP contribution in [0.25, 0.3) is 0 Å². The minimum absolute atomic E-state index is 0.0881. The molecule has 1 atom stereocenters. The maximum Gasteiger partial charge on any atom is 0.243 e. The number of anilines is 1. The second kappa shape index (κ2) is 5.03. The molecule has 0 aliphatic carbocycles. The Bertz CT molecular complexity index is 462. The largest absolute Gasteiger partial charge is 0.310 e. The summed E-state index contributed by atoms with van der Waals surface area (Å²) < 4.78 is 0. The molecule has 3 nitrogen and oxygen atoms in total. The highest BCUT2D eigenvalue weighted by atomic mass is 16.2. The minimum Gasteiger partial charge on any atom is -0.310 e. The summed E-state index contributed by atoms with van der Waals surface area (Å²) in [6.07, 6.45) is 5.86. The van der Waals surface area contributed by atoms with Gasteiger partial charge in [-0.25, -0.2) is 0 Å². The Kier molecular flexibility index (Phi) is 3.46. The van der Waals surface area contributed by atoms with Crippen molar-refractivity contribution in [3.05, 3.63) is 29.8 Å². The minimum atomic E-state index is -0.167. The molecule has 0 spiro atoms. The molecule has 0 saturated heterocycles. The van der Waals surface area contributed by atoms with Crippen LogP contribution in [0.4, 0.5) is 5.69 Å². The molecule has 1 heterocycles. The van der Waals surface area contributed by atoms with E-state index in [0.717, 1.165) is 17.8 Å². The zero-order valence-electron chi connectivity index (χ0n) is 9.94. The monoisotopic (exact) mass is 228 g/mol. The normalized spacial score (nSPS) is 19.4. The van der Waals surface area contributed by atoms with Crippen molar-refractivity contribution in [1.29, 1.82) is 0 Å². The SMILES string of the molecule is C#CCCN1C(=O)C(C)NCc2ccccc21. The number of benzene rings is 1. The zero-order valence-corrected chi connectivity index (χ0v) is 9.94. The Balaban J connectivity index is 2.37. The highest BCUT2D eigenvalue weighted by molar-refractivity contribution is 5.98. The Morgan fingerprint density at radius 3 is 3.06 bits per heavy atom. The van der Waals surface area contributed by atoms with Crippen molar-refractivity contribution in [2.75, 3.05) is 11.4 Å². The van der Waals surface area contributed by atoms with E-state index in [2.05, 4.69) is 11.2 Å². The number of nitrogens with one attached hydrogen (secondary N) is 1. The van der Waals surface area contributed by atoms with Crippen molar-refractivity contribution in [3.8, 4) is 12.3 Å². The molecular formula is C14H16N2O. The van der Waals surface area contributed by atoms with Gasteiger partial charge < -0.3 is 10.2 Å². The summed E-state index contributed by atoms with van der Waals surface area (Å²) in [4.78, 5) is 14.0. The van der Waals surface area contributed by atoms with Gasteiger partial charge in [0.1, 0.15) is 0 Å². The summed E-state index contributed by atoms with van der Waals surface area (Å²) in [6, 6.07) is 7.78. The standard InChI is InChI=1S/C14H16N2O/c1-3-4-9-16-13-8-6-5-7-12(13)10-15-11(2)14(16)17/h1,5-8,11,15H,4,9-10H2,2H3. The van der Waals surface area contributed by atoms with Gasteiger partial charge in [-0.3, -0.25) is 4.79 Å². The maximum absolute atomic E-state index is 12.2. The van der Waals surface area contributed by atoms with E-state index < -0.39 is 0 Å². The fraction of sp³-hybridized carbons (Fsp3) is 0.357. The number of fused-ring (bicyclic) bond motifs is 1. The smallest absolute Gasteiger partial charge is 0.243 e. The molecule has 0 radical (unpaired) electrons. The van der Waals surface area contributed by atoms with E-state index in [-0.39, 0.29) is 11.9 Å². The lowest BCUT2D eigenvalue weighted by Gasteiger charge is -2.23. The highest BCUT2D eigenvalue weighted by Crippen LogP contribution is 2.24. The van der Waals surface area contributed by atoms with E-state index in [4.69, 9.17) is 6.42 Å². The molecule has 0 bridgehead atoms. The zero-order chi connectivity index (χ0) is 12.3. The quantitative estimate of drug-likeness (QED) is 0.779. The first-order valence-corrected chi connectivity index (χ1v) is 5.80. The van der Waals surface area contributed by atoms with Crippen molar-refractivity contribution in [2.45, 2.75) is 25.9 Å². The average Bonchev–Trinajstić information content (AvgIpc) is 2.47. The number of hydrogen-bond acceptors (Lipinski definition) is 2. The predicted molar refractivity (Wildman–Crippen MR) is 68.5 cm³/mol. The van der Waals surface area contributed by atoms with Gasteiger partial charge in [0.15, 0.2) is 0 Å². The van der Waals surface area contributed by atoms with Crippen molar-refractivity contribution in [2.24, 2.45) is 0 Å². The molecule has 1 unspecified atom stereocenters. The van der Waals surface area contributed by atoms with Gasteiger partial charge >= 0.3 is 0 Å². The third-order valence-electron chi connectivity index (χ3n) is 3.00. The third kappa shape index (κ3) is 2.32. The number of amides is 1. The van der Waals surface area contributed by atoms with Crippen LogP contribution < -0.4 is 10.2 Å². The number of terminal acetylenes is 1. The van der Waals surface area contributed by atoms with Gasteiger partial charge in [-0.2, -0.15) is 0 Å². The van der Waals surface area contributed by atoms with Gasteiger partial charge in [0.25, 0.3) is 0 Å². The molecule has 1 aromatic rings. The van der Waals surface area contributed by atoms with Crippen LogP contribution in [0.15, 0.2) is 24.3 Å². The van der Waals surface area contributed by atoms with Crippen molar-refractivity contribution < 1.29 is 4.79 Å². The van der Waals surface area contributed by atoms with Crippen molar-refractivity contribution in [1.82, 2.24) is 5.32 Å². The average molecular weight is 228 g/mol. The van der Waals surface area contributed by atoms with Gasteiger partial charge in [0.05, 0.1) is 6.04 Å². The summed E-state index contributed by atoms with van der Waals surface area (Å²) in [5, 5.41) is 3.21. The summed E-state index contributed by atoms with van der Waals surface area (Å²) >= 11 is 0. The van der Waals surface area contributed by atoms with Crippen LogP contribution in [0.3, 0.4) is 0 Å². The Morgan fingerprint density at radius 2 is 2.29 bits per heavy atom. The van der Waals surface area contributed by atoms with Gasteiger partial charge in [-0.1, -0.05) is 18.2 Å². The van der Waals surface area contributed by atoms with Crippen LogP contribution in [0.1, 0.15) is 18.9 Å². The number of hydrogen-bond donors (Lipinski definition) is 1. The topological polar surface area (TPSA) is 32.3 Å². The van der Waals surface area contributed by atoms with Gasteiger partial charge in [0, 0.05) is 25.2 Å². The summed E-state index contributed by atoms with van der Waals surface area (Å²) in [5.41, 5.74) is 2.12. The second-order valence-corrected chi connectivity index (χ2v) is 4.18. The molecule has 1 aromatic carbocycles. The number of nitrogens with zero attached hydrogens (tertiary/aromatic N) is 1. The van der Waals surface area contributed by atoms with Gasteiger partial charge in [0.2, 0.25) is 5.91 Å². The molecule has 1 amide bonds. The molecule has 17 heavy (non-hydrogen) atoms. The molecule has 1 N–H and O–H groups in total. The van der Waals surface area contributed by atoms with E-state index in [1.54, 1.807) is 4.90 Å². The van der Waals surface area contributed by atoms with E-state index in [0.29, 0.717) is 13.0 Å². The van der Waals surface area contributed by atoms with Crippen LogP contribution in [0.2, 0.25) is 0 Å². The number of para-hydroxylation sites is 1. The lowest BCUT2D eigenvalue weighted by atomic mass is 10.1. The first-order valence-electron chi connectivity index (χ1n) is 5.80. The number of rotatable bonds is 2. The first-order chi connectivity index (χ1) is 8.24. The molecule has 3 heteroatoms. The van der Waals surface area contributed by atoms with E-state index in [9.17, 15) is 4.79 Å². The van der Waals surface area contributed by atoms with E-state index >= 15 is 0 Å². The lowest BCUT2D eigenvalue weighted by molar-refractivity contribution is -0.120. The Morgan fingerprint density at radius 1 is 1.53 bits per heavy atom. The van der Waals surface area contributed by atoms with Gasteiger partial charge in [-0.05, 0) is 18.6 Å².